The van der Waals surface area contributed by atoms with Crippen LogP contribution in [0.25, 0.3) is 6.08 Å². The highest BCUT2D eigenvalue weighted by Crippen LogP contribution is 2.14. The summed E-state index contributed by atoms with van der Waals surface area (Å²) in [5, 5.41) is -0.102. The molecule has 1 atom stereocenters. The van der Waals surface area contributed by atoms with E-state index in [4.69, 9.17) is 4.74 Å². The van der Waals surface area contributed by atoms with Crippen molar-refractivity contribution < 1.29 is 9.53 Å². The monoisotopic (exact) mass is 250 g/mol. The fraction of sp³-hybridized carbons (Fsp3) is 0.357. The minimum absolute atomic E-state index is 0.102. The van der Waals surface area contributed by atoms with Crippen molar-refractivity contribution in [2.45, 2.75) is 18.6 Å². The zero-order valence-corrected chi connectivity index (χ0v) is 11.1. The molecule has 2 nitrogen and oxygen atoms in total. The molecule has 0 amide bonds. The van der Waals surface area contributed by atoms with E-state index in [9.17, 15) is 4.79 Å². The van der Waals surface area contributed by atoms with Gasteiger partial charge in [0, 0.05) is 0 Å². The number of hydrogen-bond acceptors (Lipinski definition) is 3. The predicted octanol–water partition coefficient (Wildman–Crippen LogP) is 3.38. The number of esters is 1. The van der Waals surface area contributed by atoms with E-state index in [0.29, 0.717) is 13.0 Å². The molecule has 0 spiro atoms. The van der Waals surface area contributed by atoms with Gasteiger partial charge in [-0.15, -0.1) is 11.8 Å². The first-order valence-electron chi connectivity index (χ1n) is 5.69. The Morgan fingerprint density at radius 3 is 2.71 bits per heavy atom. The average Bonchev–Trinajstić information content (AvgIpc) is 2.36. The molecule has 1 rings (SSSR count). The summed E-state index contributed by atoms with van der Waals surface area (Å²) in [6, 6.07) is 10.1. The van der Waals surface area contributed by atoms with E-state index in [2.05, 4.69) is 0 Å². The highest BCUT2D eigenvalue weighted by Gasteiger charge is 2.16. The fourth-order valence-corrected chi connectivity index (χ4v) is 1.98. The van der Waals surface area contributed by atoms with Gasteiger partial charge in [0.15, 0.2) is 0 Å². The molecular weight excluding hydrogens is 232 g/mol. The lowest BCUT2D eigenvalue weighted by molar-refractivity contribution is -0.142. The van der Waals surface area contributed by atoms with Gasteiger partial charge >= 0.3 is 5.97 Å². The highest BCUT2D eigenvalue weighted by atomic mass is 32.2. The van der Waals surface area contributed by atoms with Crippen LogP contribution >= 0.6 is 11.8 Å². The van der Waals surface area contributed by atoms with Gasteiger partial charge in [-0.1, -0.05) is 42.5 Å². The van der Waals surface area contributed by atoms with Gasteiger partial charge in [-0.2, -0.15) is 0 Å². The van der Waals surface area contributed by atoms with Crippen LogP contribution in [0.1, 0.15) is 18.9 Å². The first-order chi connectivity index (χ1) is 8.27. The molecule has 0 saturated carbocycles. The summed E-state index contributed by atoms with van der Waals surface area (Å²) < 4.78 is 5.00. The lowest BCUT2D eigenvalue weighted by Crippen LogP contribution is -2.19. The van der Waals surface area contributed by atoms with Crippen LogP contribution in [0.4, 0.5) is 0 Å². The van der Waals surface area contributed by atoms with Crippen molar-refractivity contribution >= 4 is 23.8 Å². The molecular formula is C14H18O2S. The molecule has 92 valence electrons. The van der Waals surface area contributed by atoms with Crippen molar-refractivity contribution in [2.75, 3.05) is 12.9 Å². The normalized spacial score (nSPS) is 12.6. The van der Waals surface area contributed by atoms with Gasteiger partial charge in [-0.25, -0.2) is 0 Å². The molecule has 1 aromatic carbocycles. The number of rotatable bonds is 6. The molecule has 0 fully saturated rings. The summed E-state index contributed by atoms with van der Waals surface area (Å²) >= 11 is 1.53. The quantitative estimate of drug-likeness (QED) is 0.724. The molecule has 17 heavy (non-hydrogen) atoms. The molecule has 0 aliphatic rings. The van der Waals surface area contributed by atoms with Crippen molar-refractivity contribution in [1.82, 2.24) is 0 Å². The van der Waals surface area contributed by atoms with E-state index in [0.717, 1.165) is 5.56 Å². The summed E-state index contributed by atoms with van der Waals surface area (Å²) in [5.74, 6) is -0.127. The van der Waals surface area contributed by atoms with Gasteiger partial charge in [-0.3, -0.25) is 4.79 Å². The van der Waals surface area contributed by atoms with Gasteiger partial charge in [-0.05, 0) is 25.2 Å². The van der Waals surface area contributed by atoms with Crippen LogP contribution in [0.5, 0.6) is 0 Å². The minimum atomic E-state index is -0.127. The van der Waals surface area contributed by atoms with Gasteiger partial charge in [0.2, 0.25) is 0 Å². The topological polar surface area (TPSA) is 26.3 Å². The maximum atomic E-state index is 11.5. The third-order valence-electron chi connectivity index (χ3n) is 2.29. The summed E-state index contributed by atoms with van der Waals surface area (Å²) in [6.07, 6.45) is 6.68. The third-order valence-corrected chi connectivity index (χ3v) is 3.25. The Bertz CT molecular complexity index is 360. The third kappa shape index (κ3) is 5.09. The van der Waals surface area contributed by atoms with Crippen molar-refractivity contribution in [3.63, 3.8) is 0 Å². The first-order valence-corrected chi connectivity index (χ1v) is 6.97. The number of thioether (sulfide) groups is 1. The van der Waals surface area contributed by atoms with Crippen molar-refractivity contribution in [2.24, 2.45) is 0 Å². The number of carbonyl (C=O) groups excluding carboxylic acids is 1. The molecule has 0 aliphatic heterocycles. The molecule has 1 unspecified atom stereocenters. The van der Waals surface area contributed by atoms with Crippen LogP contribution in [-0.2, 0) is 9.53 Å². The number of ether oxygens (including phenoxy) is 1. The summed E-state index contributed by atoms with van der Waals surface area (Å²) in [6.45, 7) is 2.27. The maximum absolute atomic E-state index is 11.5. The number of benzene rings is 1. The second kappa shape index (κ2) is 7.96. The van der Waals surface area contributed by atoms with E-state index in [1.54, 1.807) is 0 Å². The van der Waals surface area contributed by atoms with Crippen LogP contribution in [0, 0.1) is 0 Å². The zero-order valence-electron chi connectivity index (χ0n) is 10.3. The summed E-state index contributed by atoms with van der Waals surface area (Å²) in [4.78, 5) is 11.5. The van der Waals surface area contributed by atoms with Crippen molar-refractivity contribution in [1.29, 1.82) is 0 Å². The smallest absolute Gasteiger partial charge is 0.319 e. The van der Waals surface area contributed by atoms with Crippen LogP contribution in [-0.4, -0.2) is 24.1 Å². The van der Waals surface area contributed by atoms with E-state index in [1.807, 2.05) is 55.7 Å². The zero-order chi connectivity index (χ0) is 12.5. The molecule has 0 N–H and O–H groups in total. The number of carbonyl (C=O) groups is 1. The summed E-state index contributed by atoms with van der Waals surface area (Å²) in [7, 11) is 0. The number of allylic oxidation sites excluding steroid dienone is 1. The second-order valence-electron chi connectivity index (χ2n) is 3.53. The lowest BCUT2D eigenvalue weighted by atomic mass is 10.2. The summed E-state index contributed by atoms with van der Waals surface area (Å²) in [5.41, 5.74) is 1.15. The van der Waals surface area contributed by atoms with Crippen molar-refractivity contribution in [3.05, 3.63) is 42.0 Å². The van der Waals surface area contributed by atoms with Crippen LogP contribution in [0.2, 0.25) is 0 Å². The largest absolute Gasteiger partial charge is 0.465 e. The van der Waals surface area contributed by atoms with Gasteiger partial charge < -0.3 is 4.74 Å². The molecule has 0 saturated heterocycles. The average molecular weight is 250 g/mol. The predicted molar refractivity (Wildman–Crippen MR) is 74.0 cm³/mol. The standard InChI is InChI=1S/C14H18O2S/c1-3-16-14(15)13(17-2)11-7-10-12-8-5-4-6-9-12/h4-10,13H,3,11H2,1-2H3/b10-7+. The second-order valence-corrected chi connectivity index (χ2v) is 4.57. The Labute approximate surface area is 107 Å². The highest BCUT2D eigenvalue weighted by molar-refractivity contribution is 7.99. The van der Waals surface area contributed by atoms with Gasteiger partial charge in [0.25, 0.3) is 0 Å². The molecule has 0 bridgehead atoms. The Morgan fingerprint density at radius 1 is 1.41 bits per heavy atom. The SMILES string of the molecule is CCOC(=O)C(C/C=C/c1ccccc1)SC. The minimum Gasteiger partial charge on any atom is -0.465 e. The van der Waals surface area contributed by atoms with Crippen LogP contribution < -0.4 is 0 Å². The molecule has 1 aromatic rings. The Kier molecular flexibility index (Phi) is 6.48. The fourth-order valence-electron chi connectivity index (χ4n) is 1.42. The first kappa shape index (κ1) is 13.8. The van der Waals surface area contributed by atoms with E-state index < -0.39 is 0 Å². The molecule has 0 aliphatic carbocycles. The maximum Gasteiger partial charge on any atom is 0.319 e. The van der Waals surface area contributed by atoms with E-state index >= 15 is 0 Å². The Morgan fingerprint density at radius 2 is 2.12 bits per heavy atom. The van der Waals surface area contributed by atoms with Gasteiger partial charge in [0.1, 0.15) is 5.25 Å². The molecule has 0 aromatic heterocycles. The van der Waals surface area contributed by atoms with Crippen molar-refractivity contribution in [3.8, 4) is 0 Å². The number of hydrogen-bond donors (Lipinski definition) is 0. The van der Waals surface area contributed by atoms with E-state index in [1.165, 1.54) is 11.8 Å². The van der Waals surface area contributed by atoms with Crippen LogP contribution in [0.15, 0.2) is 36.4 Å². The molecule has 0 heterocycles. The van der Waals surface area contributed by atoms with Gasteiger partial charge in [0.05, 0.1) is 6.61 Å². The molecule has 0 radical (unpaired) electrons. The Balaban J connectivity index is 2.48. The van der Waals surface area contributed by atoms with E-state index in [-0.39, 0.29) is 11.2 Å². The Hall–Kier alpha value is -1.22. The molecule has 3 heteroatoms. The van der Waals surface area contributed by atoms with Crippen LogP contribution in [0.3, 0.4) is 0 Å². The lowest BCUT2D eigenvalue weighted by Gasteiger charge is -2.10.